The average Bonchev–Trinajstić information content (AvgIpc) is 3.35. The van der Waals surface area contributed by atoms with Crippen LogP contribution in [-0.2, 0) is 6.61 Å². The summed E-state index contributed by atoms with van der Waals surface area (Å²) in [6.07, 6.45) is 1.62. The Labute approximate surface area is 246 Å². The molecule has 0 unspecified atom stereocenters. The number of rotatable bonds is 8. The van der Waals surface area contributed by atoms with Gasteiger partial charge in [0.15, 0.2) is 0 Å². The predicted octanol–water partition coefficient (Wildman–Crippen LogP) is 9.25. The third kappa shape index (κ3) is 5.88. The SMILES string of the molecule is N#Cc1c(N=Cc2cc(Br)c(OCc3ccc([N+](=O)[O-])cc3)c(Br)c2)oc(-c2ccccc2)c1-c1ccccc1. The number of halogens is 2. The van der Waals surface area contributed by atoms with Crippen LogP contribution in [0.5, 0.6) is 5.75 Å². The van der Waals surface area contributed by atoms with Crippen molar-refractivity contribution < 1.29 is 14.1 Å². The Bertz CT molecular complexity index is 1720. The molecule has 0 saturated heterocycles. The summed E-state index contributed by atoms with van der Waals surface area (Å²) in [6.45, 7) is 0.227. The van der Waals surface area contributed by atoms with Gasteiger partial charge in [0.2, 0.25) is 5.88 Å². The Morgan fingerprint density at radius 1 is 0.925 bits per heavy atom. The molecule has 5 rings (SSSR count). The van der Waals surface area contributed by atoms with E-state index in [4.69, 9.17) is 9.15 Å². The van der Waals surface area contributed by atoms with E-state index in [9.17, 15) is 15.4 Å². The number of nitrogens with zero attached hydrogens (tertiary/aromatic N) is 3. The molecule has 0 aliphatic rings. The molecular weight excluding hydrogens is 638 g/mol. The van der Waals surface area contributed by atoms with Gasteiger partial charge in [-0.3, -0.25) is 10.1 Å². The summed E-state index contributed by atoms with van der Waals surface area (Å²) < 4.78 is 13.5. The Kier molecular flexibility index (Phi) is 8.20. The van der Waals surface area contributed by atoms with Crippen LogP contribution in [0.4, 0.5) is 11.6 Å². The maximum absolute atomic E-state index is 10.9. The lowest BCUT2D eigenvalue weighted by molar-refractivity contribution is -0.384. The molecule has 1 aromatic heterocycles. The quantitative estimate of drug-likeness (QED) is 0.0941. The smallest absolute Gasteiger partial charge is 0.269 e. The van der Waals surface area contributed by atoms with Gasteiger partial charge in [-0.05, 0) is 72.8 Å². The molecule has 0 bridgehead atoms. The Balaban J connectivity index is 1.43. The second kappa shape index (κ2) is 12.1. The lowest BCUT2D eigenvalue weighted by Crippen LogP contribution is -1.98. The van der Waals surface area contributed by atoms with Crippen LogP contribution in [0.1, 0.15) is 16.7 Å². The van der Waals surface area contributed by atoms with Crippen molar-refractivity contribution in [3.05, 3.63) is 133 Å². The summed E-state index contributed by atoms with van der Waals surface area (Å²) in [5, 5.41) is 21.0. The molecule has 0 N–H and O–H groups in total. The van der Waals surface area contributed by atoms with Crippen LogP contribution in [0.2, 0.25) is 0 Å². The number of nitro groups is 1. The van der Waals surface area contributed by atoms with Gasteiger partial charge in [0.25, 0.3) is 5.69 Å². The van der Waals surface area contributed by atoms with Crippen molar-refractivity contribution in [2.75, 3.05) is 0 Å². The Morgan fingerprint density at radius 3 is 2.10 bits per heavy atom. The highest BCUT2D eigenvalue weighted by Gasteiger charge is 2.22. The van der Waals surface area contributed by atoms with Crippen molar-refractivity contribution in [2.24, 2.45) is 4.99 Å². The van der Waals surface area contributed by atoms with Crippen molar-refractivity contribution >= 4 is 49.6 Å². The minimum absolute atomic E-state index is 0.0256. The fraction of sp³-hybridized carbons (Fsp3) is 0.0323. The average molecular weight is 657 g/mol. The van der Waals surface area contributed by atoms with Gasteiger partial charge in [-0.25, -0.2) is 4.99 Å². The van der Waals surface area contributed by atoms with E-state index in [1.165, 1.54) is 12.1 Å². The molecule has 4 aromatic carbocycles. The lowest BCUT2D eigenvalue weighted by atomic mass is 9.98. The first-order chi connectivity index (χ1) is 19.4. The Hall–Kier alpha value is -4.52. The molecule has 7 nitrogen and oxygen atoms in total. The third-order valence-electron chi connectivity index (χ3n) is 5.98. The zero-order valence-electron chi connectivity index (χ0n) is 20.8. The summed E-state index contributed by atoms with van der Waals surface area (Å²) in [5.74, 6) is 1.36. The zero-order valence-corrected chi connectivity index (χ0v) is 23.9. The number of nitriles is 1. The summed E-state index contributed by atoms with van der Waals surface area (Å²) >= 11 is 7.10. The van der Waals surface area contributed by atoms with E-state index in [-0.39, 0.29) is 18.2 Å². The van der Waals surface area contributed by atoms with Gasteiger partial charge in [0, 0.05) is 29.5 Å². The first-order valence-corrected chi connectivity index (χ1v) is 13.6. The number of hydrogen-bond acceptors (Lipinski definition) is 6. The molecule has 0 aliphatic heterocycles. The molecule has 1 heterocycles. The molecule has 0 aliphatic carbocycles. The molecule has 40 heavy (non-hydrogen) atoms. The van der Waals surface area contributed by atoms with E-state index in [1.807, 2.05) is 72.8 Å². The molecule has 0 spiro atoms. The van der Waals surface area contributed by atoms with Crippen molar-refractivity contribution in [1.29, 1.82) is 5.26 Å². The first-order valence-electron chi connectivity index (χ1n) is 12.0. The molecule has 196 valence electrons. The zero-order chi connectivity index (χ0) is 28.1. The highest BCUT2D eigenvalue weighted by molar-refractivity contribution is 9.11. The third-order valence-corrected chi connectivity index (χ3v) is 7.16. The molecule has 9 heteroatoms. The van der Waals surface area contributed by atoms with E-state index in [0.29, 0.717) is 31.6 Å². The van der Waals surface area contributed by atoms with E-state index < -0.39 is 4.92 Å². The van der Waals surface area contributed by atoms with Gasteiger partial charge < -0.3 is 9.15 Å². The highest BCUT2D eigenvalue weighted by atomic mass is 79.9. The largest absolute Gasteiger partial charge is 0.487 e. The van der Waals surface area contributed by atoms with Crippen LogP contribution in [0.25, 0.3) is 22.5 Å². The van der Waals surface area contributed by atoms with Crippen molar-refractivity contribution in [3.63, 3.8) is 0 Å². The van der Waals surface area contributed by atoms with Crippen LogP contribution in [0.3, 0.4) is 0 Å². The predicted molar refractivity (Wildman–Crippen MR) is 161 cm³/mol. The van der Waals surface area contributed by atoms with Crippen LogP contribution in [-0.4, -0.2) is 11.1 Å². The van der Waals surface area contributed by atoms with Crippen molar-refractivity contribution in [1.82, 2.24) is 0 Å². The Morgan fingerprint density at radius 2 is 1.52 bits per heavy atom. The van der Waals surface area contributed by atoms with Crippen LogP contribution < -0.4 is 4.74 Å². The minimum Gasteiger partial charge on any atom is -0.487 e. The van der Waals surface area contributed by atoms with E-state index >= 15 is 0 Å². The fourth-order valence-corrected chi connectivity index (χ4v) is 5.53. The van der Waals surface area contributed by atoms with Gasteiger partial charge in [-0.2, -0.15) is 5.26 Å². The van der Waals surface area contributed by atoms with Crippen molar-refractivity contribution in [2.45, 2.75) is 6.61 Å². The monoisotopic (exact) mass is 655 g/mol. The number of ether oxygens (including phenoxy) is 1. The maximum atomic E-state index is 10.9. The van der Waals surface area contributed by atoms with Gasteiger partial charge >= 0.3 is 0 Å². The maximum Gasteiger partial charge on any atom is 0.269 e. The summed E-state index contributed by atoms with van der Waals surface area (Å²) in [5.41, 5.74) is 4.31. The van der Waals surface area contributed by atoms with Crippen molar-refractivity contribution in [3.8, 4) is 34.3 Å². The normalized spacial score (nSPS) is 10.9. The standard InChI is InChI=1S/C31H19Br2N3O4/c32-26-15-21(16-27(33)30(26)39-19-20-11-13-24(14-12-20)36(37)38)18-35-31-25(17-34)28(22-7-3-1-4-8-22)29(40-31)23-9-5-2-6-10-23/h1-16,18H,19H2. The summed E-state index contributed by atoms with van der Waals surface area (Å²) in [6, 6.07) is 31.4. The number of nitro benzene ring substituents is 1. The van der Waals surface area contributed by atoms with E-state index in [2.05, 4.69) is 42.9 Å². The number of benzene rings is 4. The number of hydrogen-bond donors (Lipinski definition) is 0. The van der Waals surface area contributed by atoms with E-state index in [0.717, 1.165) is 22.3 Å². The van der Waals surface area contributed by atoms with Gasteiger partial charge in [0.1, 0.15) is 29.7 Å². The first kappa shape index (κ1) is 27.1. The lowest BCUT2D eigenvalue weighted by Gasteiger charge is -2.11. The second-order valence-electron chi connectivity index (χ2n) is 8.61. The van der Waals surface area contributed by atoms with E-state index in [1.54, 1.807) is 18.3 Å². The minimum atomic E-state index is -0.439. The van der Waals surface area contributed by atoms with Crippen LogP contribution in [0.15, 0.2) is 115 Å². The summed E-state index contributed by atoms with van der Waals surface area (Å²) in [4.78, 5) is 15.0. The second-order valence-corrected chi connectivity index (χ2v) is 10.3. The van der Waals surface area contributed by atoms with Gasteiger partial charge in [-0.1, -0.05) is 60.7 Å². The fourth-order valence-electron chi connectivity index (χ4n) is 4.08. The number of aliphatic imine (C=N–C) groups is 1. The molecule has 0 radical (unpaired) electrons. The molecule has 0 amide bonds. The van der Waals surface area contributed by atoms with Crippen LogP contribution in [0, 0.1) is 21.4 Å². The molecule has 5 aromatic rings. The number of furan rings is 1. The van der Waals surface area contributed by atoms with Gasteiger partial charge in [-0.15, -0.1) is 0 Å². The summed E-state index contributed by atoms with van der Waals surface area (Å²) in [7, 11) is 0. The molecule has 0 saturated carbocycles. The topological polar surface area (TPSA) is 102 Å². The molecular formula is C31H19Br2N3O4. The molecule has 0 fully saturated rings. The molecule has 0 atom stereocenters. The van der Waals surface area contributed by atoms with Gasteiger partial charge in [0.05, 0.1) is 13.9 Å². The van der Waals surface area contributed by atoms with Crippen LogP contribution >= 0.6 is 31.9 Å². The number of non-ortho nitro benzene ring substituents is 1. The highest BCUT2D eigenvalue weighted by Crippen LogP contribution is 2.42.